The maximum Gasteiger partial charge on any atom is 0.165 e. The number of hydrogen-bond acceptors (Lipinski definition) is 4. The number of halogens is 1. The molecule has 0 saturated carbocycles. The van der Waals surface area contributed by atoms with E-state index in [1.165, 1.54) is 6.07 Å². The average Bonchev–Trinajstić information content (AvgIpc) is 3.44. The Balaban J connectivity index is 1.40. The molecular formula is C33H37FN2O2. The number of nitriles is 1. The Morgan fingerprint density at radius 3 is 2.29 bits per heavy atom. The van der Waals surface area contributed by atoms with Crippen LogP contribution in [0.3, 0.4) is 0 Å². The Bertz CT molecular complexity index is 1200. The van der Waals surface area contributed by atoms with E-state index in [0.29, 0.717) is 6.61 Å². The van der Waals surface area contributed by atoms with E-state index < -0.39 is 5.41 Å². The molecule has 5 heteroatoms. The first-order valence-corrected chi connectivity index (χ1v) is 13.3. The smallest absolute Gasteiger partial charge is 0.165 e. The van der Waals surface area contributed by atoms with Crippen LogP contribution in [0.25, 0.3) is 0 Å². The number of likely N-dealkylation sites (tertiary alicyclic amines) is 1. The predicted molar refractivity (Wildman–Crippen MR) is 149 cm³/mol. The van der Waals surface area contributed by atoms with Gasteiger partial charge in [-0.1, -0.05) is 79.4 Å². The molecule has 0 unspecified atom stereocenters. The van der Waals surface area contributed by atoms with Gasteiger partial charge in [0, 0.05) is 18.6 Å². The van der Waals surface area contributed by atoms with E-state index in [0.717, 1.165) is 49.0 Å². The molecule has 4 nitrogen and oxygen atoms in total. The van der Waals surface area contributed by atoms with Gasteiger partial charge in [0.1, 0.15) is 12.0 Å². The van der Waals surface area contributed by atoms with Crippen molar-refractivity contribution in [1.29, 1.82) is 5.26 Å². The van der Waals surface area contributed by atoms with Crippen LogP contribution in [0.2, 0.25) is 0 Å². The minimum atomic E-state index is -0.705. The molecule has 38 heavy (non-hydrogen) atoms. The third-order valence-electron chi connectivity index (χ3n) is 7.67. The zero-order chi connectivity index (χ0) is 27.0. The van der Waals surface area contributed by atoms with E-state index in [2.05, 4.69) is 55.7 Å². The van der Waals surface area contributed by atoms with Crippen molar-refractivity contribution in [2.24, 2.45) is 0 Å². The molecule has 0 aromatic heterocycles. The summed E-state index contributed by atoms with van der Waals surface area (Å²) >= 11 is 0. The molecule has 3 aromatic carbocycles. The Morgan fingerprint density at radius 2 is 1.68 bits per heavy atom. The number of ether oxygens (including phenoxy) is 2. The molecule has 1 fully saturated rings. The lowest BCUT2D eigenvalue weighted by Gasteiger charge is -2.38. The van der Waals surface area contributed by atoms with Crippen molar-refractivity contribution in [2.75, 3.05) is 19.7 Å². The first-order valence-electron chi connectivity index (χ1n) is 13.3. The van der Waals surface area contributed by atoms with E-state index in [1.807, 2.05) is 36.4 Å². The molecule has 1 aliphatic heterocycles. The van der Waals surface area contributed by atoms with Gasteiger partial charge in [-0.3, -0.25) is 4.90 Å². The maximum absolute atomic E-state index is 14.0. The van der Waals surface area contributed by atoms with Gasteiger partial charge in [0.15, 0.2) is 11.6 Å². The van der Waals surface area contributed by atoms with Crippen LogP contribution < -0.4 is 4.74 Å². The van der Waals surface area contributed by atoms with Crippen molar-refractivity contribution in [2.45, 2.75) is 56.8 Å². The molecule has 0 radical (unpaired) electrons. The lowest BCUT2D eigenvalue weighted by molar-refractivity contribution is 0.0339. The summed E-state index contributed by atoms with van der Waals surface area (Å²) in [6.45, 7) is 10.6. The van der Waals surface area contributed by atoms with Gasteiger partial charge >= 0.3 is 0 Å². The third kappa shape index (κ3) is 6.32. The molecule has 4 rings (SSSR count). The Kier molecular flexibility index (Phi) is 8.99. The first kappa shape index (κ1) is 27.6. The van der Waals surface area contributed by atoms with Crippen LogP contribution in [0, 0.1) is 17.1 Å². The fourth-order valence-corrected chi connectivity index (χ4v) is 5.26. The summed E-state index contributed by atoms with van der Waals surface area (Å²) in [5, 5.41) is 10.5. The molecule has 1 atom stereocenters. The van der Waals surface area contributed by atoms with Gasteiger partial charge in [0.05, 0.1) is 18.8 Å². The van der Waals surface area contributed by atoms with E-state index in [1.54, 1.807) is 18.2 Å². The van der Waals surface area contributed by atoms with E-state index >= 15 is 0 Å². The highest BCUT2D eigenvalue weighted by Gasteiger charge is 2.39. The monoisotopic (exact) mass is 512 g/mol. The fourth-order valence-electron chi connectivity index (χ4n) is 5.26. The Morgan fingerprint density at radius 1 is 1.03 bits per heavy atom. The summed E-state index contributed by atoms with van der Waals surface area (Å²) < 4.78 is 25.6. The summed E-state index contributed by atoms with van der Waals surface area (Å²) in [6.07, 6.45) is 4.21. The minimum absolute atomic E-state index is 0.0980. The lowest BCUT2D eigenvalue weighted by Crippen LogP contribution is -2.44. The minimum Gasteiger partial charge on any atom is -0.486 e. The molecule has 3 aromatic rings. The largest absolute Gasteiger partial charge is 0.486 e. The maximum atomic E-state index is 14.0. The Labute approximate surface area is 226 Å². The normalized spacial score (nSPS) is 16.2. The Hall–Kier alpha value is -3.46. The third-order valence-corrected chi connectivity index (χ3v) is 7.67. The number of benzene rings is 3. The predicted octanol–water partition coefficient (Wildman–Crippen LogP) is 7.05. The zero-order valence-corrected chi connectivity index (χ0v) is 22.4. The van der Waals surface area contributed by atoms with Crippen LogP contribution >= 0.6 is 0 Å². The molecular weight excluding hydrogens is 475 g/mol. The standard InChI is InChI=1S/C33H37FN2O2/c1-4-21-37-31-22-26(15-16-30(31)34)24-38-29-17-20-36(23-29)32(2,3)18-19-33(25-35,27-11-7-5-8-12-27)28-13-9-6-10-14-28/h4-16,22,29H,1,17-21,23-24H2,2-3H3/t29-/m1/s1. The van der Waals surface area contributed by atoms with Crippen molar-refractivity contribution >= 4 is 0 Å². The van der Waals surface area contributed by atoms with E-state index in [9.17, 15) is 9.65 Å². The van der Waals surface area contributed by atoms with Crippen molar-refractivity contribution in [3.8, 4) is 11.8 Å². The van der Waals surface area contributed by atoms with Crippen molar-refractivity contribution in [1.82, 2.24) is 4.90 Å². The molecule has 198 valence electrons. The quantitative estimate of drug-likeness (QED) is 0.244. The van der Waals surface area contributed by atoms with E-state index in [4.69, 9.17) is 9.47 Å². The molecule has 0 amide bonds. The van der Waals surface area contributed by atoms with E-state index in [-0.39, 0.29) is 29.8 Å². The summed E-state index contributed by atoms with van der Waals surface area (Å²) in [6, 6.07) is 27.8. The summed E-state index contributed by atoms with van der Waals surface area (Å²) in [5.74, 6) is -0.165. The molecule has 0 spiro atoms. The summed E-state index contributed by atoms with van der Waals surface area (Å²) in [4.78, 5) is 2.47. The van der Waals surface area contributed by atoms with Crippen LogP contribution in [0.1, 0.15) is 49.8 Å². The zero-order valence-electron chi connectivity index (χ0n) is 22.4. The molecule has 0 bridgehead atoms. The van der Waals surface area contributed by atoms with Crippen LogP contribution in [0.4, 0.5) is 4.39 Å². The van der Waals surface area contributed by atoms with Crippen LogP contribution in [0.5, 0.6) is 5.75 Å². The van der Waals surface area contributed by atoms with Gasteiger partial charge < -0.3 is 9.47 Å². The highest BCUT2D eigenvalue weighted by molar-refractivity contribution is 5.45. The second-order valence-electron chi connectivity index (χ2n) is 10.6. The van der Waals surface area contributed by atoms with Gasteiger partial charge in [0.2, 0.25) is 0 Å². The molecule has 0 N–H and O–H groups in total. The second kappa shape index (κ2) is 12.4. The van der Waals surface area contributed by atoms with Gasteiger partial charge in [-0.05, 0) is 61.9 Å². The highest BCUT2D eigenvalue weighted by Crippen LogP contribution is 2.39. The van der Waals surface area contributed by atoms with Gasteiger partial charge in [-0.25, -0.2) is 4.39 Å². The fraction of sp³-hybridized carbons (Fsp3) is 0.364. The average molecular weight is 513 g/mol. The lowest BCUT2D eigenvalue weighted by atomic mass is 9.70. The molecule has 1 aliphatic rings. The number of nitrogens with zero attached hydrogens (tertiary/aromatic N) is 2. The number of rotatable bonds is 12. The molecule has 1 heterocycles. The SMILES string of the molecule is C=CCOc1cc(CO[C@@H]2CCN(C(C)(C)CCC(C#N)(c3ccccc3)c3ccccc3)C2)ccc1F. The molecule has 0 aliphatic carbocycles. The first-order chi connectivity index (χ1) is 18.4. The topological polar surface area (TPSA) is 45.5 Å². The summed E-state index contributed by atoms with van der Waals surface area (Å²) in [5.41, 5.74) is 2.13. The van der Waals surface area contributed by atoms with Crippen molar-refractivity contribution in [3.63, 3.8) is 0 Å². The summed E-state index contributed by atoms with van der Waals surface area (Å²) in [7, 11) is 0. The van der Waals surface area contributed by atoms with Gasteiger partial charge in [-0.2, -0.15) is 5.26 Å². The second-order valence-corrected chi connectivity index (χ2v) is 10.6. The molecule has 1 saturated heterocycles. The van der Waals surface area contributed by atoms with Crippen molar-refractivity contribution < 1.29 is 13.9 Å². The number of hydrogen-bond donors (Lipinski definition) is 0. The van der Waals surface area contributed by atoms with Crippen LogP contribution in [-0.2, 0) is 16.8 Å². The van der Waals surface area contributed by atoms with Crippen LogP contribution in [0.15, 0.2) is 91.5 Å². The highest BCUT2D eigenvalue weighted by atomic mass is 19.1. The van der Waals surface area contributed by atoms with Crippen LogP contribution in [-0.4, -0.2) is 36.2 Å². The van der Waals surface area contributed by atoms with Gasteiger partial charge in [-0.15, -0.1) is 0 Å². The van der Waals surface area contributed by atoms with Gasteiger partial charge in [0.25, 0.3) is 0 Å². The van der Waals surface area contributed by atoms with Crippen molar-refractivity contribution in [3.05, 3.63) is 114 Å².